The molecular weight excluding hydrogens is 348 g/mol. The van der Waals surface area contributed by atoms with Crippen molar-refractivity contribution < 1.29 is 9.59 Å². The number of allylic oxidation sites excluding steroid dienone is 3. The van der Waals surface area contributed by atoms with E-state index < -0.39 is 0 Å². The number of carbonyl (C=O) groups excluding carboxylic acids is 2. The number of carbonyl (C=O) groups is 2. The molecule has 1 heterocycles. The Bertz CT molecular complexity index is 774. The van der Waals surface area contributed by atoms with Crippen LogP contribution in [0.1, 0.15) is 73.6 Å². The predicted molar refractivity (Wildman–Crippen MR) is 111 cm³/mol. The maximum atomic E-state index is 13.0. The second-order valence-corrected chi connectivity index (χ2v) is 11.2. The van der Waals surface area contributed by atoms with Gasteiger partial charge in [0, 0.05) is 46.2 Å². The quantitative estimate of drug-likeness (QED) is 0.715. The summed E-state index contributed by atoms with van der Waals surface area (Å²) < 4.78 is 0. The maximum Gasteiger partial charge on any atom is 0.247 e. The molecule has 4 unspecified atom stereocenters. The molecule has 3 aliphatic carbocycles. The van der Waals surface area contributed by atoms with E-state index in [2.05, 4.69) is 37.5 Å². The first kappa shape index (κ1) is 19.7. The maximum absolute atomic E-state index is 13.0. The molecule has 0 aromatic heterocycles. The Balaban J connectivity index is 1.64. The van der Waals surface area contributed by atoms with Crippen LogP contribution >= 0.6 is 0 Å². The molecule has 6 atom stereocenters. The SMILES string of the molecule is CC1NC2=CC(=O)CC[C@]2(C)C2CC[C@]3(C)C(C(=O)NC(C)(C)C)=CCC3C12. The standard InChI is InChI=1S/C24H36N2O2/c1-14-20-16-7-8-18(21(28)26-22(2,3)4)23(16,5)12-10-17(20)24(6)11-9-15(27)13-19(24)25-14/h8,13-14,16-17,20,25H,7,9-12H2,1-6H3,(H,26,28)/t14?,16?,17?,20?,23-,24+/m0/s1. The Labute approximate surface area is 169 Å². The fourth-order valence-corrected chi connectivity index (χ4v) is 6.82. The van der Waals surface area contributed by atoms with Crippen LogP contribution in [0.25, 0.3) is 0 Å². The van der Waals surface area contributed by atoms with Gasteiger partial charge in [-0.25, -0.2) is 0 Å². The molecule has 2 N–H and O–H groups in total. The largest absolute Gasteiger partial charge is 0.385 e. The highest BCUT2D eigenvalue weighted by Crippen LogP contribution is 2.63. The van der Waals surface area contributed by atoms with Gasteiger partial charge in [-0.15, -0.1) is 0 Å². The zero-order chi connectivity index (χ0) is 20.5. The third-order valence-corrected chi connectivity index (χ3v) is 8.24. The van der Waals surface area contributed by atoms with Crippen molar-refractivity contribution in [2.75, 3.05) is 0 Å². The van der Waals surface area contributed by atoms with Crippen molar-refractivity contribution in [2.45, 2.75) is 85.2 Å². The van der Waals surface area contributed by atoms with Gasteiger partial charge < -0.3 is 10.6 Å². The van der Waals surface area contributed by atoms with E-state index in [4.69, 9.17) is 0 Å². The van der Waals surface area contributed by atoms with Crippen molar-refractivity contribution in [3.8, 4) is 0 Å². The van der Waals surface area contributed by atoms with Gasteiger partial charge in [-0.2, -0.15) is 0 Å². The monoisotopic (exact) mass is 384 g/mol. The summed E-state index contributed by atoms with van der Waals surface area (Å²) >= 11 is 0. The first-order valence-corrected chi connectivity index (χ1v) is 11.0. The summed E-state index contributed by atoms with van der Waals surface area (Å²) in [5, 5.41) is 6.91. The molecule has 1 aliphatic heterocycles. The Morgan fingerprint density at radius 1 is 1.18 bits per heavy atom. The van der Waals surface area contributed by atoms with Gasteiger partial charge in [0.05, 0.1) is 0 Å². The molecule has 28 heavy (non-hydrogen) atoms. The lowest BCUT2D eigenvalue weighted by Crippen LogP contribution is -2.60. The molecule has 0 aromatic rings. The van der Waals surface area contributed by atoms with Crippen LogP contribution in [0.2, 0.25) is 0 Å². The average molecular weight is 385 g/mol. The zero-order valence-corrected chi connectivity index (χ0v) is 18.3. The fraction of sp³-hybridized carbons (Fsp3) is 0.750. The van der Waals surface area contributed by atoms with Crippen molar-refractivity contribution in [3.63, 3.8) is 0 Å². The average Bonchev–Trinajstić information content (AvgIpc) is 2.92. The lowest BCUT2D eigenvalue weighted by molar-refractivity contribution is -0.122. The highest BCUT2D eigenvalue weighted by molar-refractivity contribution is 5.96. The number of hydrogen-bond acceptors (Lipinski definition) is 3. The summed E-state index contributed by atoms with van der Waals surface area (Å²) in [6, 6.07) is 0.332. The van der Waals surface area contributed by atoms with Gasteiger partial charge >= 0.3 is 0 Å². The molecule has 4 rings (SSSR count). The van der Waals surface area contributed by atoms with Crippen LogP contribution < -0.4 is 10.6 Å². The van der Waals surface area contributed by atoms with Gasteiger partial charge in [0.25, 0.3) is 0 Å². The van der Waals surface area contributed by atoms with Crippen LogP contribution in [-0.4, -0.2) is 23.3 Å². The topological polar surface area (TPSA) is 58.2 Å². The molecule has 4 aliphatic rings. The van der Waals surface area contributed by atoms with Gasteiger partial charge in [-0.05, 0) is 71.1 Å². The van der Waals surface area contributed by atoms with Crippen LogP contribution in [0.5, 0.6) is 0 Å². The minimum Gasteiger partial charge on any atom is -0.385 e. The van der Waals surface area contributed by atoms with Gasteiger partial charge in [0.1, 0.15) is 0 Å². The Kier molecular flexibility index (Phi) is 4.37. The van der Waals surface area contributed by atoms with Crippen LogP contribution in [0.4, 0.5) is 0 Å². The van der Waals surface area contributed by atoms with Crippen molar-refractivity contribution >= 4 is 11.7 Å². The van der Waals surface area contributed by atoms with E-state index in [1.165, 1.54) is 0 Å². The summed E-state index contributed by atoms with van der Waals surface area (Å²) in [5.74, 6) is 1.98. The van der Waals surface area contributed by atoms with Crippen LogP contribution in [0.15, 0.2) is 23.4 Å². The zero-order valence-electron chi connectivity index (χ0n) is 18.3. The molecule has 0 aromatic carbocycles. The summed E-state index contributed by atoms with van der Waals surface area (Å²) in [6.07, 6.45) is 8.89. The molecule has 4 heteroatoms. The number of amides is 1. The fourth-order valence-electron chi connectivity index (χ4n) is 6.82. The molecule has 1 saturated heterocycles. The molecule has 4 nitrogen and oxygen atoms in total. The molecule has 2 fully saturated rings. The van der Waals surface area contributed by atoms with E-state index in [0.717, 1.165) is 37.0 Å². The van der Waals surface area contributed by atoms with Gasteiger partial charge in [-0.1, -0.05) is 19.9 Å². The summed E-state index contributed by atoms with van der Waals surface area (Å²) in [6.45, 7) is 13.1. The Morgan fingerprint density at radius 3 is 2.57 bits per heavy atom. The number of rotatable bonds is 1. The molecule has 0 spiro atoms. The Hall–Kier alpha value is -1.58. The second-order valence-electron chi connectivity index (χ2n) is 11.2. The lowest BCUT2D eigenvalue weighted by Gasteiger charge is -2.60. The minimum atomic E-state index is -0.217. The van der Waals surface area contributed by atoms with E-state index in [9.17, 15) is 9.59 Å². The number of ketones is 1. The first-order valence-electron chi connectivity index (χ1n) is 11.0. The number of piperidine rings is 1. The third-order valence-electron chi connectivity index (χ3n) is 8.24. The molecule has 0 bridgehead atoms. The summed E-state index contributed by atoms with van der Waals surface area (Å²) in [5.41, 5.74) is 1.98. The molecule has 0 radical (unpaired) electrons. The molecule has 1 saturated carbocycles. The predicted octanol–water partition coefficient (Wildman–Crippen LogP) is 4.12. The van der Waals surface area contributed by atoms with Crippen molar-refractivity contribution in [2.24, 2.45) is 28.6 Å². The van der Waals surface area contributed by atoms with Gasteiger partial charge in [0.15, 0.2) is 5.78 Å². The van der Waals surface area contributed by atoms with Crippen LogP contribution in [-0.2, 0) is 9.59 Å². The number of fused-ring (bicyclic) bond motifs is 5. The third kappa shape index (κ3) is 2.86. The normalized spacial score (nSPS) is 42.4. The van der Waals surface area contributed by atoms with E-state index in [1.54, 1.807) is 0 Å². The van der Waals surface area contributed by atoms with Crippen LogP contribution in [0.3, 0.4) is 0 Å². The van der Waals surface area contributed by atoms with E-state index in [-0.39, 0.29) is 28.1 Å². The van der Waals surface area contributed by atoms with Crippen molar-refractivity contribution in [1.82, 2.24) is 10.6 Å². The summed E-state index contributed by atoms with van der Waals surface area (Å²) in [4.78, 5) is 25.1. The van der Waals surface area contributed by atoms with E-state index in [0.29, 0.717) is 30.2 Å². The molecule has 154 valence electrons. The van der Waals surface area contributed by atoms with E-state index in [1.807, 2.05) is 26.8 Å². The van der Waals surface area contributed by atoms with Crippen molar-refractivity contribution in [3.05, 3.63) is 23.4 Å². The van der Waals surface area contributed by atoms with Gasteiger partial charge in [-0.3, -0.25) is 9.59 Å². The molecular formula is C24H36N2O2. The second kappa shape index (κ2) is 6.21. The first-order chi connectivity index (χ1) is 13.0. The lowest BCUT2D eigenvalue weighted by atomic mass is 9.48. The van der Waals surface area contributed by atoms with Crippen molar-refractivity contribution in [1.29, 1.82) is 0 Å². The van der Waals surface area contributed by atoms with Gasteiger partial charge in [0.2, 0.25) is 5.91 Å². The minimum absolute atomic E-state index is 0.0471. The number of nitrogens with one attached hydrogen (secondary N) is 2. The molecule has 1 amide bonds. The Morgan fingerprint density at radius 2 is 1.89 bits per heavy atom. The highest BCUT2D eigenvalue weighted by atomic mass is 16.2. The van der Waals surface area contributed by atoms with E-state index >= 15 is 0 Å². The highest BCUT2D eigenvalue weighted by Gasteiger charge is 2.60. The summed E-state index contributed by atoms with van der Waals surface area (Å²) in [7, 11) is 0. The van der Waals surface area contributed by atoms with Crippen LogP contribution in [0, 0.1) is 28.6 Å². The smallest absolute Gasteiger partial charge is 0.247 e. The number of hydrogen-bond donors (Lipinski definition) is 2.